The number of amides is 1. The molecule has 2 heterocycles. The number of nitrogens with zero attached hydrogens (tertiary/aromatic N) is 2. The van der Waals surface area contributed by atoms with Crippen LogP contribution in [-0.4, -0.2) is 23.0 Å². The first-order valence-electron chi connectivity index (χ1n) is 8.52. The lowest BCUT2D eigenvalue weighted by Crippen LogP contribution is -2.12. The van der Waals surface area contributed by atoms with Crippen molar-refractivity contribution in [3.05, 3.63) is 70.3 Å². The Morgan fingerprint density at radius 3 is 2.75 bits per heavy atom. The van der Waals surface area contributed by atoms with E-state index in [1.807, 2.05) is 25.1 Å². The molecule has 2 aromatic carbocycles. The molecule has 0 fully saturated rings. The zero-order valence-corrected chi connectivity index (χ0v) is 16.8. The van der Waals surface area contributed by atoms with Gasteiger partial charge in [0.2, 0.25) is 0 Å². The third-order valence-corrected chi connectivity index (χ3v) is 5.40. The topological polar surface area (TPSA) is 64.1 Å². The van der Waals surface area contributed by atoms with Crippen molar-refractivity contribution < 1.29 is 9.53 Å². The molecule has 1 amide bonds. The minimum Gasteiger partial charge on any atom is -0.496 e. The Morgan fingerprint density at radius 1 is 1.14 bits per heavy atom. The monoisotopic (exact) mass is 409 g/mol. The van der Waals surface area contributed by atoms with E-state index in [0.29, 0.717) is 27.7 Å². The van der Waals surface area contributed by atoms with E-state index in [1.165, 1.54) is 6.20 Å². The first-order chi connectivity index (χ1) is 13.5. The average molecular weight is 410 g/mol. The fourth-order valence-electron chi connectivity index (χ4n) is 2.89. The molecule has 0 radical (unpaired) electrons. The number of hydrogen-bond donors (Lipinski definition) is 1. The summed E-state index contributed by atoms with van der Waals surface area (Å²) in [6, 6.07) is 14.5. The second-order valence-electron chi connectivity index (χ2n) is 6.15. The van der Waals surface area contributed by atoms with Crippen LogP contribution in [-0.2, 0) is 0 Å². The quantitative estimate of drug-likeness (QED) is 0.477. The van der Waals surface area contributed by atoms with Crippen LogP contribution in [0.4, 0.5) is 5.69 Å². The van der Waals surface area contributed by atoms with Gasteiger partial charge in [-0.1, -0.05) is 11.6 Å². The number of rotatable bonds is 4. The number of halogens is 1. The van der Waals surface area contributed by atoms with Crippen molar-refractivity contribution >= 4 is 44.7 Å². The van der Waals surface area contributed by atoms with Crippen LogP contribution in [0.2, 0.25) is 5.02 Å². The second kappa shape index (κ2) is 7.58. The van der Waals surface area contributed by atoms with Gasteiger partial charge in [-0.3, -0.25) is 9.78 Å². The van der Waals surface area contributed by atoms with Gasteiger partial charge in [0.1, 0.15) is 5.75 Å². The molecule has 0 aliphatic rings. The summed E-state index contributed by atoms with van der Waals surface area (Å²) in [6.45, 7) is 1.96. The minimum absolute atomic E-state index is 0.233. The Kier molecular flexibility index (Phi) is 4.98. The van der Waals surface area contributed by atoms with Gasteiger partial charge >= 0.3 is 0 Å². The highest BCUT2D eigenvalue weighted by molar-refractivity contribution is 7.18. The van der Waals surface area contributed by atoms with Crippen molar-refractivity contribution in [2.45, 2.75) is 6.92 Å². The molecule has 7 heteroatoms. The summed E-state index contributed by atoms with van der Waals surface area (Å²) in [7, 11) is 1.59. The molecule has 4 rings (SSSR count). The van der Waals surface area contributed by atoms with Crippen LogP contribution in [0.5, 0.6) is 5.75 Å². The Hall–Kier alpha value is -2.96. The predicted octanol–water partition coefficient (Wildman–Crippen LogP) is 5.58. The van der Waals surface area contributed by atoms with Crippen LogP contribution in [0.25, 0.3) is 21.5 Å². The first kappa shape index (κ1) is 18.4. The number of carbonyl (C=O) groups is 1. The molecule has 2 aromatic heterocycles. The zero-order chi connectivity index (χ0) is 19.7. The third-order valence-electron chi connectivity index (χ3n) is 4.22. The number of fused-ring (bicyclic) bond motifs is 1. The lowest BCUT2D eigenvalue weighted by Gasteiger charge is -2.09. The van der Waals surface area contributed by atoms with E-state index >= 15 is 0 Å². The van der Waals surface area contributed by atoms with Crippen LogP contribution in [0, 0.1) is 6.92 Å². The Balaban J connectivity index is 1.56. The Labute approximate surface area is 171 Å². The van der Waals surface area contributed by atoms with Crippen LogP contribution in [0.15, 0.2) is 54.7 Å². The fourth-order valence-corrected chi connectivity index (χ4v) is 3.87. The van der Waals surface area contributed by atoms with E-state index in [9.17, 15) is 4.79 Å². The van der Waals surface area contributed by atoms with Gasteiger partial charge in [-0.15, -0.1) is 11.3 Å². The lowest BCUT2D eigenvalue weighted by atomic mass is 10.1. The van der Waals surface area contributed by atoms with E-state index in [1.54, 1.807) is 48.8 Å². The summed E-state index contributed by atoms with van der Waals surface area (Å²) in [4.78, 5) is 21.4. The highest BCUT2D eigenvalue weighted by Crippen LogP contribution is 2.31. The number of benzene rings is 2. The van der Waals surface area contributed by atoms with Crippen molar-refractivity contribution in [1.29, 1.82) is 0 Å². The number of carbonyl (C=O) groups excluding carboxylic acids is 1. The molecule has 0 saturated heterocycles. The second-order valence-corrected chi connectivity index (χ2v) is 7.82. The molecule has 0 aliphatic carbocycles. The van der Waals surface area contributed by atoms with Crippen molar-refractivity contribution in [3.8, 4) is 17.0 Å². The van der Waals surface area contributed by atoms with Crippen LogP contribution >= 0.6 is 22.9 Å². The minimum atomic E-state index is -0.233. The molecule has 0 unspecified atom stereocenters. The smallest absolute Gasteiger partial charge is 0.257 e. The average Bonchev–Trinajstić information content (AvgIpc) is 3.07. The van der Waals surface area contributed by atoms with Gasteiger partial charge in [-0.05, 0) is 55.5 Å². The van der Waals surface area contributed by atoms with Crippen molar-refractivity contribution in [2.75, 3.05) is 12.4 Å². The summed E-state index contributed by atoms with van der Waals surface area (Å²) in [6.07, 6.45) is 1.54. The number of pyridine rings is 1. The van der Waals surface area contributed by atoms with E-state index in [-0.39, 0.29) is 5.91 Å². The maximum absolute atomic E-state index is 12.6. The highest BCUT2D eigenvalue weighted by atomic mass is 35.5. The van der Waals surface area contributed by atoms with Gasteiger partial charge in [0.25, 0.3) is 5.91 Å². The molecule has 4 aromatic rings. The van der Waals surface area contributed by atoms with E-state index in [0.717, 1.165) is 20.8 Å². The number of aromatic nitrogens is 2. The Morgan fingerprint density at radius 2 is 2.00 bits per heavy atom. The Bertz CT molecular complexity index is 1170. The molecule has 140 valence electrons. The summed E-state index contributed by atoms with van der Waals surface area (Å²) < 4.78 is 6.46. The third kappa shape index (κ3) is 3.69. The van der Waals surface area contributed by atoms with E-state index in [4.69, 9.17) is 16.3 Å². The van der Waals surface area contributed by atoms with E-state index < -0.39 is 0 Å². The van der Waals surface area contributed by atoms with Crippen LogP contribution < -0.4 is 10.1 Å². The zero-order valence-electron chi connectivity index (χ0n) is 15.2. The summed E-state index contributed by atoms with van der Waals surface area (Å²) in [5, 5.41) is 4.48. The van der Waals surface area contributed by atoms with E-state index in [2.05, 4.69) is 15.3 Å². The summed E-state index contributed by atoms with van der Waals surface area (Å²) >= 11 is 7.71. The molecule has 0 saturated carbocycles. The first-order valence-corrected chi connectivity index (χ1v) is 9.71. The van der Waals surface area contributed by atoms with Gasteiger partial charge in [-0.25, -0.2) is 4.98 Å². The molecule has 0 aliphatic heterocycles. The number of thiazole rings is 1. The highest BCUT2D eigenvalue weighted by Gasteiger charge is 2.12. The molecular formula is C21H16ClN3O2S. The number of ether oxygens (including phenoxy) is 1. The van der Waals surface area contributed by atoms with Crippen molar-refractivity contribution in [2.24, 2.45) is 0 Å². The van der Waals surface area contributed by atoms with Crippen molar-refractivity contribution in [3.63, 3.8) is 0 Å². The maximum Gasteiger partial charge on any atom is 0.257 e. The molecule has 0 bridgehead atoms. The van der Waals surface area contributed by atoms with Gasteiger partial charge in [-0.2, -0.15) is 0 Å². The maximum atomic E-state index is 12.6. The largest absolute Gasteiger partial charge is 0.496 e. The number of hydrogen-bond acceptors (Lipinski definition) is 5. The van der Waals surface area contributed by atoms with Gasteiger partial charge in [0, 0.05) is 22.5 Å². The number of methoxy groups -OCH3 is 1. The molecule has 0 atom stereocenters. The summed E-state index contributed by atoms with van der Waals surface area (Å²) in [5.74, 6) is 0.435. The fraction of sp³-hybridized carbons (Fsp3) is 0.0952. The molecule has 1 N–H and O–H groups in total. The van der Waals surface area contributed by atoms with Crippen LogP contribution in [0.3, 0.4) is 0 Å². The molecule has 5 nitrogen and oxygen atoms in total. The number of aryl methyl sites for hydroxylation is 1. The van der Waals surface area contributed by atoms with Crippen molar-refractivity contribution in [1.82, 2.24) is 9.97 Å². The summed E-state index contributed by atoms with van der Waals surface area (Å²) in [5.41, 5.74) is 3.48. The molecule has 28 heavy (non-hydrogen) atoms. The van der Waals surface area contributed by atoms with Gasteiger partial charge in [0.15, 0.2) is 0 Å². The molecule has 0 spiro atoms. The molecular weight excluding hydrogens is 394 g/mol. The SMILES string of the molecule is COc1ccc(Cl)cc1-c1ccc(C(=O)Nc2ccc3sc(C)nc3c2)cn1. The standard InChI is InChI=1S/C21H16ClN3O2S/c1-12-24-18-10-15(5-8-20(18)28-12)25-21(26)13-3-6-17(23-11-13)16-9-14(22)4-7-19(16)27-2/h3-11H,1-2H3,(H,25,26). The normalized spacial score (nSPS) is 10.8. The predicted molar refractivity (Wildman–Crippen MR) is 114 cm³/mol. The van der Waals surface area contributed by atoms with Crippen LogP contribution in [0.1, 0.15) is 15.4 Å². The number of nitrogens with one attached hydrogen (secondary N) is 1. The number of anilines is 1. The van der Waals surface area contributed by atoms with Gasteiger partial charge < -0.3 is 10.1 Å². The van der Waals surface area contributed by atoms with Gasteiger partial charge in [0.05, 0.1) is 33.6 Å². The lowest BCUT2D eigenvalue weighted by molar-refractivity contribution is 0.102.